The molecule has 4 rings (SSSR count). The van der Waals surface area contributed by atoms with Gasteiger partial charge in [0.1, 0.15) is 5.75 Å². The third-order valence-corrected chi connectivity index (χ3v) is 5.28. The molecule has 4 nitrogen and oxygen atoms in total. The molecule has 1 amide bonds. The molecular weight excluding hydrogens is 355 g/mol. The lowest BCUT2D eigenvalue weighted by Gasteiger charge is -2.24. The fourth-order valence-electron chi connectivity index (χ4n) is 3.66. The van der Waals surface area contributed by atoms with E-state index >= 15 is 0 Å². The molecule has 2 aliphatic heterocycles. The summed E-state index contributed by atoms with van der Waals surface area (Å²) in [5.74, 6) is -0.112. The van der Waals surface area contributed by atoms with Crippen molar-refractivity contribution in [1.29, 1.82) is 0 Å². The largest absolute Gasteiger partial charge is 0.454 e. The Bertz CT molecular complexity index is 812. The molecule has 2 aliphatic rings. The summed E-state index contributed by atoms with van der Waals surface area (Å²) >= 11 is 5.83. The number of carbonyl (C=O) groups is 1. The number of likely N-dealkylation sites (tertiary alicyclic amines) is 1. The van der Waals surface area contributed by atoms with E-state index in [1.165, 1.54) is 18.6 Å². The van der Waals surface area contributed by atoms with Crippen LogP contribution in [0.4, 0.5) is 4.39 Å². The van der Waals surface area contributed by atoms with Crippen molar-refractivity contribution in [1.82, 2.24) is 10.2 Å². The number of hydrogen-bond donors (Lipinski definition) is 1. The fraction of sp³-hybridized carbons (Fsp3) is 0.350. The van der Waals surface area contributed by atoms with Crippen LogP contribution in [0, 0.1) is 5.82 Å². The molecule has 2 atom stereocenters. The summed E-state index contributed by atoms with van der Waals surface area (Å²) in [5, 5.41) is 4.13. The zero-order valence-corrected chi connectivity index (χ0v) is 15.0. The van der Waals surface area contributed by atoms with Crippen molar-refractivity contribution in [2.75, 3.05) is 13.1 Å². The molecule has 0 aromatic heterocycles. The molecule has 1 N–H and O–H groups in total. The van der Waals surface area contributed by atoms with Crippen LogP contribution in [-0.2, 0) is 0 Å². The van der Waals surface area contributed by atoms with Crippen LogP contribution in [0.3, 0.4) is 0 Å². The summed E-state index contributed by atoms with van der Waals surface area (Å²) in [6, 6.07) is 11.9. The normalized spacial score (nSPS) is 22.2. The van der Waals surface area contributed by atoms with Crippen molar-refractivity contribution in [2.24, 2.45) is 0 Å². The van der Waals surface area contributed by atoms with E-state index in [0.29, 0.717) is 41.5 Å². The van der Waals surface area contributed by atoms with Crippen LogP contribution in [0.15, 0.2) is 42.5 Å². The fourth-order valence-corrected chi connectivity index (χ4v) is 3.78. The van der Waals surface area contributed by atoms with Crippen LogP contribution in [0.2, 0.25) is 5.02 Å². The van der Waals surface area contributed by atoms with Crippen molar-refractivity contribution >= 4 is 17.5 Å². The first-order valence-electron chi connectivity index (χ1n) is 8.87. The Morgan fingerprint density at radius 1 is 1.12 bits per heavy atom. The highest BCUT2D eigenvalue weighted by atomic mass is 35.5. The summed E-state index contributed by atoms with van der Waals surface area (Å²) in [7, 11) is 0. The highest BCUT2D eigenvalue weighted by Gasteiger charge is 2.31. The quantitative estimate of drug-likeness (QED) is 0.873. The molecule has 2 aromatic carbocycles. The topological polar surface area (TPSA) is 41.6 Å². The molecule has 0 spiro atoms. The van der Waals surface area contributed by atoms with Crippen molar-refractivity contribution in [3.63, 3.8) is 0 Å². The van der Waals surface area contributed by atoms with Gasteiger partial charge in [0.05, 0.1) is 0 Å². The van der Waals surface area contributed by atoms with E-state index in [1.807, 2.05) is 4.90 Å². The number of ether oxygens (including phenoxy) is 1. The van der Waals surface area contributed by atoms with Gasteiger partial charge in [0.15, 0.2) is 11.6 Å². The maximum absolute atomic E-state index is 14.4. The van der Waals surface area contributed by atoms with Crippen LogP contribution in [-0.4, -0.2) is 36.0 Å². The first kappa shape index (κ1) is 17.3. The second kappa shape index (κ2) is 7.25. The third kappa shape index (κ3) is 3.69. The van der Waals surface area contributed by atoms with E-state index in [0.717, 1.165) is 12.8 Å². The Morgan fingerprint density at radius 3 is 2.65 bits per heavy atom. The molecule has 0 radical (unpaired) electrons. The molecule has 2 heterocycles. The SMILES string of the molecule is O=C(c1ccc(Oc2ccc(Cl)cc2)c(F)c1)N1CCC2CCC(C1)N2. The number of hydrogen-bond acceptors (Lipinski definition) is 3. The van der Waals surface area contributed by atoms with Crippen molar-refractivity contribution in [2.45, 2.75) is 31.3 Å². The van der Waals surface area contributed by atoms with Gasteiger partial charge < -0.3 is 15.0 Å². The Morgan fingerprint density at radius 2 is 1.88 bits per heavy atom. The monoisotopic (exact) mass is 374 g/mol. The minimum Gasteiger partial charge on any atom is -0.454 e. The number of fused-ring (bicyclic) bond motifs is 2. The van der Waals surface area contributed by atoms with E-state index in [1.54, 1.807) is 30.3 Å². The molecule has 26 heavy (non-hydrogen) atoms. The smallest absolute Gasteiger partial charge is 0.254 e. The molecule has 0 aliphatic carbocycles. The highest BCUT2D eigenvalue weighted by Crippen LogP contribution is 2.27. The second-order valence-electron chi connectivity index (χ2n) is 6.88. The van der Waals surface area contributed by atoms with E-state index in [9.17, 15) is 9.18 Å². The minimum atomic E-state index is -0.555. The van der Waals surface area contributed by atoms with Gasteiger partial charge in [-0.15, -0.1) is 0 Å². The van der Waals surface area contributed by atoms with Crippen molar-refractivity contribution < 1.29 is 13.9 Å². The van der Waals surface area contributed by atoms with Gasteiger partial charge in [-0.2, -0.15) is 0 Å². The van der Waals surface area contributed by atoms with Crippen LogP contribution in [0.5, 0.6) is 11.5 Å². The molecule has 2 unspecified atom stereocenters. The Hall–Kier alpha value is -2.11. The molecule has 136 valence electrons. The summed E-state index contributed by atoms with van der Waals surface area (Å²) < 4.78 is 20.0. The van der Waals surface area contributed by atoms with Gasteiger partial charge >= 0.3 is 0 Å². The van der Waals surface area contributed by atoms with Gasteiger partial charge in [-0.05, 0) is 61.7 Å². The van der Waals surface area contributed by atoms with E-state index in [-0.39, 0.29) is 11.7 Å². The standard InChI is InChI=1S/C20H20ClFN2O2/c21-14-2-6-17(7-3-14)26-19-8-1-13(11-18(19)22)20(25)24-10-9-15-4-5-16(12-24)23-15/h1-3,6-8,11,15-16,23H,4-5,9-10,12H2. The van der Waals surface area contributed by atoms with Gasteiger partial charge in [0, 0.05) is 35.8 Å². The summed E-state index contributed by atoms with van der Waals surface area (Å²) in [5.41, 5.74) is 0.351. The van der Waals surface area contributed by atoms with Crippen LogP contribution in [0.1, 0.15) is 29.6 Å². The minimum absolute atomic E-state index is 0.0838. The highest BCUT2D eigenvalue weighted by molar-refractivity contribution is 6.30. The number of benzene rings is 2. The van der Waals surface area contributed by atoms with Crippen molar-refractivity contribution in [3.05, 3.63) is 58.9 Å². The predicted octanol–water partition coefficient (Wildman–Crippen LogP) is 4.24. The molecule has 2 bridgehead atoms. The van der Waals surface area contributed by atoms with Gasteiger partial charge in [-0.3, -0.25) is 4.79 Å². The van der Waals surface area contributed by atoms with Gasteiger partial charge in [-0.1, -0.05) is 11.6 Å². The number of nitrogens with zero attached hydrogens (tertiary/aromatic N) is 1. The van der Waals surface area contributed by atoms with E-state index in [4.69, 9.17) is 16.3 Å². The Balaban J connectivity index is 1.48. The van der Waals surface area contributed by atoms with Gasteiger partial charge in [0.25, 0.3) is 5.91 Å². The van der Waals surface area contributed by atoms with Crippen LogP contribution >= 0.6 is 11.6 Å². The van der Waals surface area contributed by atoms with Gasteiger partial charge in [0.2, 0.25) is 0 Å². The molecule has 2 saturated heterocycles. The second-order valence-corrected chi connectivity index (χ2v) is 7.32. The predicted molar refractivity (Wildman–Crippen MR) is 98.4 cm³/mol. The number of amides is 1. The maximum Gasteiger partial charge on any atom is 0.254 e. The van der Waals surface area contributed by atoms with Crippen molar-refractivity contribution in [3.8, 4) is 11.5 Å². The molecular formula is C20H20ClFN2O2. The lowest BCUT2D eigenvalue weighted by molar-refractivity contribution is 0.0747. The Labute approximate surface area is 156 Å². The van der Waals surface area contributed by atoms with E-state index in [2.05, 4.69) is 5.32 Å². The maximum atomic E-state index is 14.4. The summed E-state index contributed by atoms with van der Waals surface area (Å²) in [6.07, 6.45) is 3.22. The zero-order valence-electron chi connectivity index (χ0n) is 14.3. The third-order valence-electron chi connectivity index (χ3n) is 5.03. The van der Waals surface area contributed by atoms with Crippen LogP contribution < -0.4 is 10.1 Å². The summed E-state index contributed by atoms with van der Waals surface area (Å²) in [4.78, 5) is 14.6. The number of nitrogens with one attached hydrogen (secondary N) is 1. The molecule has 2 aromatic rings. The average molecular weight is 375 g/mol. The lowest BCUT2D eigenvalue weighted by atomic mass is 10.1. The average Bonchev–Trinajstić information content (AvgIpc) is 2.97. The molecule has 6 heteroatoms. The van der Waals surface area contributed by atoms with E-state index < -0.39 is 5.82 Å². The molecule has 0 saturated carbocycles. The number of carbonyl (C=O) groups excluding carboxylic acids is 1. The molecule has 2 fully saturated rings. The van der Waals surface area contributed by atoms with Gasteiger partial charge in [-0.25, -0.2) is 4.39 Å². The lowest BCUT2D eigenvalue weighted by Crippen LogP contribution is -2.39. The number of halogens is 2. The summed E-state index contributed by atoms with van der Waals surface area (Å²) in [6.45, 7) is 1.39. The zero-order chi connectivity index (χ0) is 18.1. The Kier molecular flexibility index (Phi) is 4.83. The van der Waals surface area contributed by atoms with Crippen LogP contribution in [0.25, 0.3) is 0 Å². The number of rotatable bonds is 3. The first-order valence-corrected chi connectivity index (χ1v) is 9.24. The first-order chi connectivity index (χ1) is 12.6.